The van der Waals surface area contributed by atoms with Gasteiger partial charge in [0, 0.05) is 4.48 Å². The van der Waals surface area contributed by atoms with E-state index in [1.165, 1.54) is 16.7 Å². The summed E-state index contributed by atoms with van der Waals surface area (Å²) in [6.07, 6.45) is 0. The molecule has 0 fully saturated rings. The molecule has 2 heterocycles. The van der Waals surface area contributed by atoms with Gasteiger partial charge in [-0.3, -0.25) is 9.69 Å². The van der Waals surface area contributed by atoms with Crippen molar-refractivity contribution in [3.05, 3.63) is 39.7 Å². The molecular formula is C14H11BrN2O3S. The number of nitrogens with zero attached hydrogens (tertiary/aromatic N) is 2. The summed E-state index contributed by atoms with van der Waals surface area (Å²) < 4.78 is 5.80. The number of halogens is 1. The molecule has 21 heavy (non-hydrogen) atoms. The van der Waals surface area contributed by atoms with Crippen molar-refractivity contribution in [2.45, 2.75) is 11.8 Å². The van der Waals surface area contributed by atoms with E-state index in [0.29, 0.717) is 10.2 Å². The van der Waals surface area contributed by atoms with Gasteiger partial charge in [-0.1, -0.05) is 12.1 Å². The largest absolute Gasteiger partial charge is 0.497 e. The highest BCUT2D eigenvalue weighted by molar-refractivity contribution is 9.12. The summed E-state index contributed by atoms with van der Waals surface area (Å²) in [6, 6.07) is 6.73. The molecule has 2 aliphatic heterocycles. The fourth-order valence-electron chi connectivity index (χ4n) is 2.12. The number of aliphatic imine (C=N–C) groups is 1. The predicted octanol–water partition coefficient (Wildman–Crippen LogP) is 2.95. The number of fused-ring (bicyclic) bond motifs is 1. The molecule has 1 aromatic rings. The fourth-order valence-corrected chi connectivity index (χ4v) is 3.84. The number of urea groups is 1. The van der Waals surface area contributed by atoms with E-state index in [4.69, 9.17) is 4.74 Å². The van der Waals surface area contributed by atoms with Gasteiger partial charge < -0.3 is 4.74 Å². The minimum Gasteiger partial charge on any atom is -0.497 e. The van der Waals surface area contributed by atoms with E-state index in [2.05, 4.69) is 20.9 Å². The lowest BCUT2D eigenvalue weighted by Gasteiger charge is -2.26. The number of carbonyl (C=O) groups is 2. The Hall–Kier alpha value is -1.60. The van der Waals surface area contributed by atoms with E-state index in [9.17, 15) is 9.59 Å². The molecule has 0 radical (unpaired) electrons. The number of thioether (sulfide) groups is 1. The van der Waals surface area contributed by atoms with Crippen LogP contribution in [0.15, 0.2) is 39.1 Å². The van der Waals surface area contributed by atoms with Crippen LogP contribution in [0, 0.1) is 0 Å². The minimum absolute atomic E-state index is 0.215. The van der Waals surface area contributed by atoms with E-state index in [1.54, 1.807) is 24.7 Å². The second-order valence-electron chi connectivity index (χ2n) is 4.53. The summed E-state index contributed by atoms with van der Waals surface area (Å²) in [5.74, 6) is 0.506. The zero-order chi connectivity index (χ0) is 15.0. The maximum absolute atomic E-state index is 12.4. The predicted molar refractivity (Wildman–Crippen MR) is 84.8 cm³/mol. The van der Waals surface area contributed by atoms with Crippen molar-refractivity contribution in [2.75, 3.05) is 7.11 Å². The Labute approximate surface area is 134 Å². The number of ether oxygens (including phenoxy) is 1. The van der Waals surface area contributed by atoms with Gasteiger partial charge in [-0.2, -0.15) is 4.99 Å². The number of amides is 3. The highest BCUT2D eigenvalue weighted by Gasteiger charge is 2.41. The lowest BCUT2D eigenvalue weighted by Crippen LogP contribution is -2.46. The van der Waals surface area contributed by atoms with Gasteiger partial charge in [-0.15, -0.1) is 11.8 Å². The maximum Gasteiger partial charge on any atom is 0.350 e. The van der Waals surface area contributed by atoms with Crippen LogP contribution in [0.25, 0.3) is 0 Å². The second kappa shape index (κ2) is 5.65. The lowest BCUT2D eigenvalue weighted by molar-refractivity contribution is -0.127. The number of carbonyl (C=O) groups excluding carboxylic acids is 2. The van der Waals surface area contributed by atoms with Crippen LogP contribution in [-0.2, 0) is 11.3 Å². The van der Waals surface area contributed by atoms with Crippen LogP contribution in [-0.4, -0.2) is 34.9 Å². The zero-order valence-corrected chi connectivity index (χ0v) is 13.5. The van der Waals surface area contributed by atoms with Crippen LogP contribution in [0.1, 0.15) is 5.56 Å². The van der Waals surface area contributed by atoms with Gasteiger partial charge in [-0.25, -0.2) is 4.79 Å². The first-order chi connectivity index (χ1) is 10.1. The van der Waals surface area contributed by atoms with Gasteiger partial charge in [0.25, 0.3) is 5.91 Å². The first-order valence-corrected chi connectivity index (χ1v) is 7.92. The van der Waals surface area contributed by atoms with Crippen molar-refractivity contribution in [3.8, 4) is 5.75 Å². The molecule has 1 unspecified atom stereocenters. The van der Waals surface area contributed by atoms with E-state index in [-0.39, 0.29) is 12.5 Å². The lowest BCUT2D eigenvalue weighted by atomic mass is 10.1. The van der Waals surface area contributed by atoms with Crippen LogP contribution in [0.5, 0.6) is 5.75 Å². The molecule has 0 saturated heterocycles. The Morgan fingerprint density at radius 2 is 2.05 bits per heavy atom. The first kappa shape index (κ1) is 14.3. The van der Waals surface area contributed by atoms with Gasteiger partial charge in [0.05, 0.1) is 19.4 Å². The van der Waals surface area contributed by atoms with E-state index in [0.717, 1.165) is 11.3 Å². The number of hydrogen-bond acceptors (Lipinski definition) is 4. The molecule has 0 bridgehead atoms. The van der Waals surface area contributed by atoms with Crippen LogP contribution in [0.4, 0.5) is 4.79 Å². The van der Waals surface area contributed by atoms with E-state index >= 15 is 0 Å². The molecule has 0 aromatic heterocycles. The molecule has 0 saturated carbocycles. The molecule has 2 aliphatic rings. The van der Waals surface area contributed by atoms with Crippen molar-refractivity contribution >= 4 is 45.3 Å². The third-order valence-electron chi connectivity index (χ3n) is 3.24. The Kier molecular flexibility index (Phi) is 3.86. The standard InChI is InChI=1S/C14H11BrN2O3S/c1-20-9-4-2-8(3-5-9)6-17-13(18)12-11(16-14(17)19)10(15)7-21-12/h2-5,7,12H,6H2,1H3. The molecule has 1 atom stereocenters. The summed E-state index contributed by atoms with van der Waals surface area (Å²) in [6.45, 7) is 0.215. The molecule has 0 aliphatic carbocycles. The molecule has 3 amide bonds. The summed E-state index contributed by atoms with van der Waals surface area (Å²) >= 11 is 4.67. The van der Waals surface area contributed by atoms with Crippen molar-refractivity contribution in [1.82, 2.24) is 4.90 Å². The van der Waals surface area contributed by atoms with E-state index in [1.807, 2.05) is 12.1 Å². The number of allylic oxidation sites excluding steroid dienone is 1. The fraction of sp³-hybridized carbons (Fsp3) is 0.214. The molecular weight excluding hydrogens is 356 g/mol. The number of methoxy groups -OCH3 is 1. The first-order valence-electron chi connectivity index (χ1n) is 6.18. The highest BCUT2D eigenvalue weighted by Crippen LogP contribution is 2.35. The van der Waals surface area contributed by atoms with Crippen LogP contribution in [0.3, 0.4) is 0 Å². The topological polar surface area (TPSA) is 59.0 Å². The molecule has 0 N–H and O–H groups in total. The number of imide groups is 1. The number of rotatable bonds is 3. The average Bonchev–Trinajstić information content (AvgIpc) is 2.86. The molecule has 7 heteroatoms. The third-order valence-corrected chi connectivity index (χ3v) is 5.24. The van der Waals surface area contributed by atoms with Crippen LogP contribution < -0.4 is 4.74 Å². The third kappa shape index (κ3) is 2.63. The van der Waals surface area contributed by atoms with Crippen LogP contribution in [0.2, 0.25) is 0 Å². The van der Waals surface area contributed by atoms with Gasteiger partial charge >= 0.3 is 6.03 Å². The maximum atomic E-state index is 12.4. The molecule has 5 nitrogen and oxygen atoms in total. The van der Waals surface area contributed by atoms with Gasteiger partial charge in [0.1, 0.15) is 11.0 Å². The Morgan fingerprint density at radius 3 is 2.71 bits per heavy atom. The summed E-state index contributed by atoms with van der Waals surface area (Å²) in [5.41, 5.74) is 1.37. The summed E-state index contributed by atoms with van der Waals surface area (Å²) in [4.78, 5) is 29.7. The SMILES string of the molecule is COc1ccc(CN2C(=O)N=C3C(Br)=CSC3C2=O)cc1. The van der Waals surface area contributed by atoms with Crippen molar-refractivity contribution < 1.29 is 14.3 Å². The Balaban J connectivity index is 1.81. The van der Waals surface area contributed by atoms with E-state index < -0.39 is 11.3 Å². The van der Waals surface area contributed by atoms with Gasteiger partial charge in [0.15, 0.2) is 0 Å². The van der Waals surface area contributed by atoms with Crippen molar-refractivity contribution in [2.24, 2.45) is 4.99 Å². The summed E-state index contributed by atoms with van der Waals surface area (Å²) in [5, 5.41) is 1.38. The van der Waals surface area contributed by atoms with Crippen molar-refractivity contribution in [3.63, 3.8) is 0 Å². The number of hydrogen-bond donors (Lipinski definition) is 0. The van der Waals surface area contributed by atoms with Gasteiger partial charge in [-0.05, 0) is 39.0 Å². The second-order valence-corrected chi connectivity index (χ2v) is 6.37. The van der Waals surface area contributed by atoms with Gasteiger partial charge in [0.2, 0.25) is 0 Å². The highest BCUT2D eigenvalue weighted by atomic mass is 79.9. The number of benzene rings is 1. The molecule has 108 valence electrons. The Bertz CT molecular complexity index is 669. The minimum atomic E-state index is -0.519. The normalized spacial score (nSPS) is 21.0. The zero-order valence-electron chi connectivity index (χ0n) is 11.1. The summed E-state index contributed by atoms with van der Waals surface area (Å²) in [7, 11) is 1.59. The van der Waals surface area contributed by atoms with Crippen LogP contribution >= 0.6 is 27.7 Å². The quantitative estimate of drug-likeness (QED) is 0.824. The monoisotopic (exact) mass is 366 g/mol. The molecule has 1 aromatic carbocycles. The van der Waals surface area contributed by atoms with Crippen molar-refractivity contribution in [1.29, 1.82) is 0 Å². The molecule has 0 spiro atoms. The molecule has 3 rings (SSSR count). The Morgan fingerprint density at radius 1 is 1.33 bits per heavy atom. The smallest absolute Gasteiger partial charge is 0.350 e. The average molecular weight is 367 g/mol.